The number of nitrogens with one attached hydrogen (secondary N) is 2. The second kappa shape index (κ2) is 7.65. The molecule has 0 amide bonds. The lowest BCUT2D eigenvalue weighted by molar-refractivity contribution is 0.552. The van der Waals surface area contributed by atoms with Crippen LogP contribution in [0.25, 0.3) is 11.1 Å². The second-order valence-electron chi connectivity index (χ2n) is 6.45. The molecule has 2 aromatic heterocycles. The Kier molecular flexibility index (Phi) is 5.30. The van der Waals surface area contributed by atoms with E-state index in [1.54, 1.807) is 13.2 Å². The van der Waals surface area contributed by atoms with Gasteiger partial charge in [0.25, 0.3) is 0 Å². The molecule has 0 saturated carbocycles. The number of halogens is 3. The highest BCUT2D eigenvalue weighted by Gasteiger charge is 2.30. The third-order valence-electron chi connectivity index (χ3n) is 4.37. The van der Waals surface area contributed by atoms with Crippen molar-refractivity contribution in [3.05, 3.63) is 79.7 Å². The van der Waals surface area contributed by atoms with Gasteiger partial charge in [0.15, 0.2) is 5.58 Å². The lowest BCUT2D eigenvalue weighted by Gasteiger charge is -2.19. The number of benzene rings is 2. The number of sulfonamides is 1. The van der Waals surface area contributed by atoms with Gasteiger partial charge in [-0.1, -0.05) is 23.7 Å². The zero-order chi connectivity index (χ0) is 21.6. The average molecular weight is 516 g/mol. The standard InChI is InChI=1S/C18H13BrClFN4O4S/c1-25-8-10(7-22-25)15(9-2-4-11(21)5-3-9)24-30(27,28)17-12(19)6-13-16(14(17)20)29-18(26)23-13/h2-8,15,24H,1H3,(H,23,26). The van der Waals surface area contributed by atoms with Crippen LogP contribution in [0.15, 0.2) is 61.3 Å². The quantitative estimate of drug-likeness (QED) is 0.423. The molecule has 2 N–H and O–H groups in total. The fourth-order valence-corrected chi connectivity index (χ4v) is 6.11. The summed E-state index contributed by atoms with van der Waals surface area (Å²) in [5.74, 6) is -1.22. The first-order valence-electron chi connectivity index (χ1n) is 8.43. The molecule has 4 rings (SSSR count). The molecule has 0 fully saturated rings. The number of aromatic nitrogens is 3. The summed E-state index contributed by atoms with van der Waals surface area (Å²) < 4.78 is 49.2. The lowest BCUT2D eigenvalue weighted by Crippen LogP contribution is -2.30. The SMILES string of the molecule is Cn1cc(C(NS(=O)(=O)c2c(Br)cc3[nH]c(=O)oc3c2Cl)c2ccc(F)cc2)cn1. The van der Waals surface area contributed by atoms with Crippen LogP contribution in [0.4, 0.5) is 4.39 Å². The maximum Gasteiger partial charge on any atom is 0.417 e. The Morgan fingerprint density at radius 2 is 2.00 bits per heavy atom. The first-order chi connectivity index (χ1) is 14.2. The van der Waals surface area contributed by atoms with Crippen LogP contribution in [-0.2, 0) is 17.1 Å². The van der Waals surface area contributed by atoms with E-state index in [-0.39, 0.29) is 25.5 Å². The zero-order valence-corrected chi connectivity index (χ0v) is 18.3. The first kappa shape index (κ1) is 20.8. The lowest BCUT2D eigenvalue weighted by atomic mass is 10.0. The molecule has 0 spiro atoms. The normalized spacial score (nSPS) is 13.1. The van der Waals surface area contributed by atoms with Crippen LogP contribution >= 0.6 is 27.5 Å². The van der Waals surface area contributed by atoms with Gasteiger partial charge in [0.05, 0.1) is 17.8 Å². The van der Waals surface area contributed by atoms with Crippen molar-refractivity contribution in [3.63, 3.8) is 0 Å². The van der Waals surface area contributed by atoms with E-state index < -0.39 is 27.6 Å². The Balaban J connectivity index is 1.84. The summed E-state index contributed by atoms with van der Waals surface area (Å²) in [4.78, 5) is 13.6. The summed E-state index contributed by atoms with van der Waals surface area (Å²) in [6.07, 6.45) is 3.14. The van der Waals surface area contributed by atoms with Crippen molar-refractivity contribution < 1.29 is 17.2 Å². The topological polar surface area (TPSA) is 110 Å². The molecule has 2 aromatic carbocycles. The van der Waals surface area contributed by atoms with Crippen LogP contribution < -0.4 is 10.5 Å². The van der Waals surface area contributed by atoms with Gasteiger partial charge in [0, 0.05) is 23.3 Å². The van der Waals surface area contributed by atoms with E-state index in [4.69, 9.17) is 16.0 Å². The highest BCUT2D eigenvalue weighted by molar-refractivity contribution is 9.10. The van der Waals surface area contributed by atoms with Gasteiger partial charge in [-0.05, 0) is 39.7 Å². The van der Waals surface area contributed by atoms with Crippen molar-refractivity contribution in [1.29, 1.82) is 0 Å². The van der Waals surface area contributed by atoms with Gasteiger partial charge in [-0.2, -0.15) is 9.82 Å². The van der Waals surface area contributed by atoms with Crippen molar-refractivity contribution in [3.8, 4) is 0 Å². The molecule has 0 aliphatic heterocycles. The summed E-state index contributed by atoms with van der Waals surface area (Å²) in [5, 5.41) is 3.83. The molecular formula is C18H13BrClFN4O4S. The molecule has 4 aromatic rings. The van der Waals surface area contributed by atoms with Gasteiger partial charge in [-0.15, -0.1) is 0 Å². The van der Waals surface area contributed by atoms with Crippen molar-refractivity contribution in [2.24, 2.45) is 7.05 Å². The maximum atomic E-state index is 13.4. The van der Waals surface area contributed by atoms with Crippen molar-refractivity contribution in [1.82, 2.24) is 19.5 Å². The summed E-state index contributed by atoms with van der Waals surface area (Å²) in [7, 11) is -2.55. The Bertz CT molecular complexity index is 1410. The number of aromatic amines is 1. The van der Waals surface area contributed by atoms with E-state index >= 15 is 0 Å². The summed E-state index contributed by atoms with van der Waals surface area (Å²) in [5.41, 5.74) is 1.20. The van der Waals surface area contributed by atoms with E-state index in [2.05, 4.69) is 30.7 Å². The minimum Gasteiger partial charge on any atom is -0.406 e. The second-order valence-corrected chi connectivity index (χ2v) is 9.33. The molecule has 2 heterocycles. The van der Waals surface area contributed by atoms with Crippen molar-refractivity contribution >= 4 is 48.7 Å². The monoisotopic (exact) mass is 514 g/mol. The van der Waals surface area contributed by atoms with Gasteiger partial charge in [0.1, 0.15) is 15.7 Å². The van der Waals surface area contributed by atoms with E-state index in [9.17, 15) is 17.6 Å². The van der Waals surface area contributed by atoms with Crippen LogP contribution in [0, 0.1) is 5.82 Å². The number of H-pyrrole nitrogens is 1. The van der Waals surface area contributed by atoms with Crippen LogP contribution in [0.1, 0.15) is 17.2 Å². The summed E-state index contributed by atoms with van der Waals surface area (Å²) in [6, 6.07) is 5.92. The average Bonchev–Trinajstić information content (AvgIpc) is 3.25. The molecule has 1 atom stereocenters. The van der Waals surface area contributed by atoms with Gasteiger partial charge in [-0.25, -0.2) is 17.6 Å². The van der Waals surface area contributed by atoms with E-state index in [0.29, 0.717) is 11.1 Å². The largest absolute Gasteiger partial charge is 0.417 e. The van der Waals surface area contributed by atoms with Crippen LogP contribution in [0.5, 0.6) is 0 Å². The van der Waals surface area contributed by atoms with Gasteiger partial charge in [-0.3, -0.25) is 9.67 Å². The van der Waals surface area contributed by atoms with Gasteiger partial charge in [0.2, 0.25) is 10.0 Å². The van der Waals surface area contributed by atoms with Crippen molar-refractivity contribution in [2.75, 3.05) is 0 Å². The first-order valence-corrected chi connectivity index (χ1v) is 11.1. The third kappa shape index (κ3) is 3.81. The minimum atomic E-state index is -4.24. The molecule has 0 aliphatic carbocycles. The Labute approximate surface area is 182 Å². The fraction of sp³-hybridized carbons (Fsp3) is 0.111. The number of nitrogens with zero attached hydrogens (tertiary/aromatic N) is 2. The number of aryl methyl sites for hydroxylation is 1. The number of rotatable bonds is 5. The van der Waals surface area contributed by atoms with Crippen molar-refractivity contribution in [2.45, 2.75) is 10.9 Å². The summed E-state index contributed by atoms with van der Waals surface area (Å²) in [6.45, 7) is 0. The van der Waals surface area contributed by atoms with Gasteiger partial charge < -0.3 is 4.42 Å². The highest BCUT2D eigenvalue weighted by atomic mass is 79.9. The molecule has 30 heavy (non-hydrogen) atoms. The summed E-state index contributed by atoms with van der Waals surface area (Å²) >= 11 is 9.47. The third-order valence-corrected chi connectivity index (χ3v) is 7.23. The number of hydrogen-bond donors (Lipinski definition) is 2. The smallest absolute Gasteiger partial charge is 0.406 e. The van der Waals surface area contributed by atoms with Gasteiger partial charge >= 0.3 is 5.76 Å². The molecular weight excluding hydrogens is 503 g/mol. The molecule has 156 valence electrons. The fourth-order valence-electron chi connectivity index (χ4n) is 3.04. The zero-order valence-electron chi connectivity index (χ0n) is 15.2. The van der Waals surface area contributed by atoms with E-state index in [1.165, 1.54) is 41.2 Å². The van der Waals surface area contributed by atoms with E-state index in [0.717, 1.165) is 0 Å². The van der Waals surface area contributed by atoms with Crippen LogP contribution in [0.2, 0.25) is 5.02 Å². The van der Waals surface area contributed by atoms with E-state index in [1.807, 2.05) is 0 Å². The predicted molar refractivity (Wildman–Crippen MR) is 111 cm³/mol. The predicted octanol–water partition coefficient (Wildman–Crippen LogP) is 3.48. The minimum absolute atomic E-state index is 0.0787. The molecule has 0 saturated heterocycles. The van der Waals surface area contributed by atoms with Crippen LogP contribution in [-0.4, -0.2) is 23.2 Å². The Hall–Kier alpha value is -2.47. The number of fused-ring (bicyclic) bond motifs is 1. The molecule has 8 nitrogen and oxygen atoms in total. The van der Waals surface area contributed by atoms with Crippen LogP contribution in [0.3, 0.4) is 0 Å². The molecule has 12 heteroatoms. The molecule has 1 unspecified atom stereocenters. The molecule has 0 bridgehead atoms. The number of hydrogen-bond acceptors (Lipinski definition) is 5. The Morgan fingerprint density at radius 3 is 2.63 bits per heavy atom. The molecule has 0 aliphatic rings. The highest BCUT2D eigenvalue weighted by Crippen LogP contribution is 2.36. The number of oxazole rings is 1. The molecule has 0 radical (unpaired) electrons. The Morgan fingerprint density at radius 1 is 1.30 bits per heavy atom. The maximum absolute atomic E-state index is 13.4.